The molecule has 3 nitrogen and oxygen atoms in total. The lowest BCUT2D eigenvalue weighted by Crippen LogP contribution is -2.34. The number of para-hydroxylation sites is 1. The van der Waals surface area contributed by atoms with Crippen LogP contribution in [-0.4, -0.2) is 12.1 Å². The number of benzene rings is 1. The van der Waals surface area contributed by atoms with E-state index in [9.17, 15) is 0 Å². The average molecular weight is 230 g/mol. The van der Waals surface area contributed by atoms with Crippen molar-refractivity contribution < 1.29 is 4.74 Å². The number of ether oxygens (including phenoxy) is 1. The quantitative estimate of drug-likeness (QED) is 0.849. The van der Waals surface area contributed by atoms with Gasteiger partial charge < -0.3 is 10.5 Å². The van der Waals surface area contributed by atoms with Gasteiger partial charge in [0.1, 0.15) is 17.9 Å². The smallest absolute Gasteiger partial charge is 0.140 e. The number of nitriles is 1. The van der Waals surface area contributed by atoms with Crippen LogP contribution >= 0.6 is 0 Å². The Morgan fingerprint density at radius 1 is 1.41 bits per heavy atom. The molecule has 1 aromatic carbocycles. The topological polar surface area (TPSA) is 59.0 Å². The van der Waals surface area contributed by atoms with Gasteiger partial charge in [0.25, 0.3) is 0 Å². The molecule has 1 aliphatic carbocycles. The molecule has 1 fully saturated rings. The molecule has 0 spiro atoms. The fourth-order valence-corrected chi connectivity index (χ4v) is 2.35. The van der Waals surface area contributed by atoms with Crippen molar-refractivity contribution in [3.8, 4) is 11.8 Å². The summed E-state index contributed by atoms with van der Waals surface area (Å²) in [6.07, 6.45) is 4.27. The van der Waals surface area contributed by atoms with Gasteiger partial charge in [0.15, 0.2) is 0 Å². The summed E-state index contributed by atoms with van der Waals surface area (Å²) >= 11 is 0. The monoisotopic (exact) mass is 230 g/mol. The van der Waals surface area contributed by atoms with E-state index in [4.69, 9.17) is 15.7 Å². The van der Waals surface area contributed by atoms with E-state index in [1.165, 1.54) is 0 Å². The minimum absolute atomic E-state index is 0.159. The fourth-order valence-electron chi connectivity index (χ4n) is 2.35. The lowest BCUT2D eigenvalue weighted by molar-refractivity contribution is 0.143. The van der Waals surface area contributed by atoms with Crippen molar-refractivity contribution in [1.29, 1.82) is 5.26 Å². The first kappa shape index (κ1) is 11.9. The molecule has 2 unspecified atom stereocenters. The minimum Gasteiger partial charge on any atom is -0.489 e. The van der Waals surface area contributed by atoms with E-state index in [0.29, 0.717) is 5.56 Å². The van der Waals surface area contributed by atoms with Crippen LogP contribution in [0.25, 0.3) is 0 Å². The van der Waals surface area contributed by atoms with Crippen LogP contribution in [-0.2, 0) is 0 Å². The molecule has 90 valence electrons. The molecule has 0 saturated heterocycles. The molecule has 0 aromatic heterocycles. The van der Waals surface area contributed by atoms with Gasteiger partial charge in [-0.15, -0.1) is 0 Å². The molecule has 2 rings (SSSR count). The summed E-state index contributed by atoms with van der Waals surface area (Å²) in [6, 6.07) is 8.07. The van der Waals surface area contributed by atoms with Gasteiger partial charge >= 0.3 is 0 Å². The van der Waals surface area contributed by atoms with Crippen LogP contribution in [0.4, 0.5) is 0 Å². The van der Waals surface area contributed by atoms with Crippen molar-refractivity contribution in [2.75, 3.05) is 0 Å². The second kappa shape index (κ2) is 5.20. The van der Waals surface area contributed by atoms with E-state index >= 15 is 0 Å². The number of nitrogens with two attached hydrogens (primary N) is 1. The van der Waals surface area contributed by atoms with E-state index < -0.39 is 0 Å². The number of hydrogen-bond donors (Lipinski definition) is 1. The standard InChI is InChI=1S/C14H18N2O/c1-10-4-2-5-11(9-15)14(10)17-13-7-3-6-12(16)8-13/h2,4-5,12-13H,3,6-8,16H2,1H3. The van der Waals surface area contributed by atoms with Crippen molar-refractivity contribution in [3.63, 3.8) is 0 Å². The van der Waals surface area contributed by atoms with E-state index in [1.807, 2.05) is 19.1 Å². The van der Waals surface area contributed by atoms with E-state index in [0.717, 1.165) is 37.0 Å². The Morgan fingerprint density at radius 3 is 2.94 bits per heavy atom. The highest BCUT2D eigenvalue weighted by molar-refractivity contribution is 5.47. The van der Waals surface area contributed by atoms with E-state index in [1.54, 1.807) is 6.07 Å². The Hall–Kier alpha value is -1.53. The first-order valence-corrected chi connectivity index (χ1v) is 6.12. The highest BCUT2D eigenvalue weighted by Gasteiger charge is 2.22. The Labute approximate surface area is 102 Å². The van der Waals surface area contributed by atoms with Crippen molar-refractivity contribution in [2.45, 2.75) is 44.8 Å². The third kappa shape index (κ3) is 2.78. The molecule has 1 aliphatic rings. The third-order valence-electron chi connectivity index (χ3n) is 3.28. The van der Waals surface area contributed by atoms with Crippen LogP contribution in [0.5, 0.6) is 5.75 Å². The van der Waals surface area contributed by atoms with Crippen LogP contribution in [0.1, 0.15) is 36.8 Å². The molecule has 3 heteroatoms. The molecule has 17 heavy (non-hydrogen) atoms. The molecule has 0 radical (unpaired) electrons. The molecule has 1 saturated carbocycles. The maximum atomic E-state index is 9.07. The SMILES string of the molecule is Cc1cccc(C#N)c1OC1CCCC(N)C1. The Balaban J connectivity index is 2.15. The van der Waals surface area contributed by atoms with Crippen molar-refractivity contribution in [3.05, 3.63) is 29.3 Å². The zero-order valence-electron chi connectivity index (χ0n) is 10.1. The molecule has 1 aromatic rings. The third-order valence-corrected chi connectivity index (χ3v) is 3.28. The maximum Gasteiger partial charge on any atom is 0.140 e. The summed E-state index contributed by atoms with van der Waals surface area (Å²) < 4.78 is 5.98. The Bertz CT molecular complexity index is 436. The maximum absolute atomic E-state index is 9.07. The molecule has 0 amide bonds. The van der Waals surface area contributed by atoms with Crippen LogP contribution in [0, 0.1) is 18.3 Å². The van der Waals surface area contributed by atoms with Gasteiger partial charge in [0.05, 0.1) is 5.56 Å². The Morgan fingerprint density at radius 2 is 2.24 bits per heavy atom. The first-order valence-electron chi connectivity index (χ1n) is 6.12. The molecular weight excluding hydrogens is 212 g/mol. The van der Waals surface area contributed by atoms with Gasteiger partial charge in [-0.1, -0.05) is 12.1 Å². The first-order chi connectivity index (χ1) is 8.20. The second-order valence-electron chi connectivity index (χ2n) is 4.73. The van der Waals surface area contributed by atoms with Gasteiger partial charge in [-0.05, 0) is 44.2 Å². The van der Waals surface area contributed by atoms with Gasteiger partial charge in [0.2, 0.25) is 0 Å². The van der Waals surface area contributed by atoms with Gasteiger partial charge in [0, 0.05) is 6.04 Å². The summed E-state index contributed by atoms with van der Waals surface area (Å²) in [5, 5.41) is 9.07. The normalized spacial score (nSPS) is 24.1. The van der Waals surface area contributed by atoms with Gasteiger partial charge in [-0.2, -0.15) is 5.26 Å². The summed E-state index contributed by atoms with van der Waals surface area (Å²) in [4.78, 5) is 0. The summed E-state index contributed by atoms with van der Waals surface area (Å²) in [5.74, 6) is 0.731. The van der Waals surface area contributed by atoms with E-state index in [-0.39, 0.29) is 12.1 Å². The van der Waals surface area contributed by atoms with E-state index in [2.05, 4.69) is 6.07 Å². The molecule has 2 atom stereocenters. The van der Waals surface area contributed by atoms with Crippen molar-refractivity contribution in [2.24, 2.45) is 5.73 Å². The van der Waals surface area contributed by atoms with Gasteiger partial charge in [-0.25, -0.2) is 0 Å². The predicted molar refractivity (Wildman–Crippen MR) is 66.8 cm³/mol. The second-order valence-corrected chi connectivity index (χ2v) is 4.73. The van der Waals surface area contributed by atoms with Crippen molar-refractivity contribution >= 4 is 0 Å². The Kier molecular flexibility index (Phi) is 3.65. The zero-order valence-corrected chi connectivity index (χ0v) is 10.1. The summed E-state index contributed by atoms with van der Waals surface area (Å²) in [7, 11) is 0. The molecule has 0 bridgehead atoms. The van der Waals surface area contributed by atoms with Gasteiger partial charge in [-0.3, -0.25) is 0 Å². The lowest BCUT2D eigenvalue weighted by atomic mass is 9.93. The van der Waals surface area contributed by atoms with Crippen LogP contribution in [0.2, 0.25) is 0 Å². The fraction of sp³-hybridized carbons (Fsp3) is 0.500. The van der Waals surface area contributed by atoms with Crippen LogP contribution in [0.15, 0.2) is 18.2 Å². The molecule has 0 heterocycles. The minimum atomic E-state index is 0.159. The zero-order chi connectivity index (χ0) is 12.3. The number of rotatable bonds is 2. The van der Waals surface area contributed by atoms with Crippen molar-refractivity contribution in [1.82, 2.24) is 0 Å². The number of aryl methyl sites for hydroxylation is 1. The number of nitrogens with zero attached hydrogens (tertiary/aromatic N) is 1. The summed E-state index contributed by atoms with van der Waals surface area (Å²) in [6.45, 7) is 1.97. The van der Waals surface area contributed by atoms with Crippen LogP contribution in [0.3, 0.4) is 0 Å². The number of hydrogen-bond acceptors (Lipinski definition) is 3. The summed E-state index contributed by atoms with van der Waals surface area (Å²) in [5.41, 5.74) is 7.57. The highest BCUT2D eigenvalue weighted by atomic mass is 16.5. The average Bonchev–Trinajstić information content (AvgIpc) is 2.32. The highest BCUT2D eigenvalue weighted by Crippen LogP contribution is 2.28. The largest absolute Gasteiger partial charge is 0.489 e. The molecule has 0 aliphatic heterocycles. The molecular formula is C14H18N2O. The van der Waals surface area contributed by atoms with Crippen LogP contribution < -0.4 is 10.5 Å². The molecule has 2 N–H and O–H groups in total. The predicted octanol–water partition coefficient (Wildman–Crippen LogP) is 2.52. The lowest BCUT2D eigenvalue weighted by Gasteiger charge is -2.28.